The van der Waals surface area contributed by atoms with E-state index in [0.29, 0.717) is 18.6 Å². The Morgan fingerprint density at radius 3 is 2.67 bits per heavy atom. The van der Waals surface area contributed by atoms with E-state index in [4.69, 9.17) is 21.1 Å². The Bertz CT molecular complexity index is 564. The van der Waals surface area contributed by atoms with E-state index in [9.17, 15) is 0 Å². The maximum Gasteiger partial charge on any atom is 0.123 e. The van der Waals surface area contributed by atoms with Gasteiger partial charge in [-0.05, 0) is 18.4 Å². The van der Waals surface area contributed by atoms with Crippen LogP contribution in [0.5, 0.6) is 0 Å². The molecule has 0 aliphatic carbocycles. The molecule has 0 bridgehead atoms. The highest BCUT2D eigenvalue weighted by Crippen LogP contribution is 2.25. The van der Waals surface area contributed by atoms with Gasteiger partial charge in [-0.15, -0.1) is 22.9 Å². The molecule has 21 heavy (non-hydrogen) atoms. The summed E-state index contributed by atoms with van der Waals surface area (Å²) >= 11 is 7.42. The number of halogens is 1. The van der Waals surface area contributed by atoms with Gasteiger partial charge >= 0.3 is 0 Å². The molecule has 0 N–H and O–H groups in total. The van der Waals surface area contributed by atoms with Crippen LogP contribution in [0.3, 0.4) is 0 Å². The van der Waals surface area contributed by atoms with Crippen molar-refractivity contribution in [2.24, 2.45) is 0 Å². The number of aromatic nitrogens is 1. The largest absolute Gasteiger partial charge is 0.381 e. The number of hydrogen-bond acceptors (Lipinski definition) is 4. The highest BCUT2D eigenvalue weighted by molar-refractivity contribution is 7.13. The number of thiazole rings is 1. The summed E-state index contributed by atoms with van der Waals surface area (Å²) < 4.78 is 11.3. The summed E-state index contributed by atoms with van der Waals surface area (Å²) in [5, 5.41) is 3.02. The molecule has 0 atom stereocenters. The first-order valence-corrected chi connectivity index (χ1v) is 8.55. The monoisotopic (exact) mass is 323 g/mol. The van der Waals surface area contributed by atoms with E-state index in [2.05, 4.69) is 29.2 Å². The average molecular weight is 324 g/mol. The molecular formula is C16H18ClNO2S. The highest BCUT2D eigenvalue weighted by Gasteiger charge is 2.14. The third kappa shape index (κ3) is 4.04. The summed E-state index contributed by atoms with van der Waals surface area (Å²) in [4.78, 5) is 4.49. The van der Waals surface area contributed by atoms with Crippen molar-refractivity contribution in [3.05, 3.63) is 40.9 Å². The maximum atomic E-state index is 5.93. The molecule has 0 amide bonds. The van der Waals surface area contributed by atoms with E-state index < -0.39 is 0 Å². The third-order valence-electron chi connectivity index (χ3n) is 3.54. The van der Waals surface area contributed by atoms with Crippen LogP contribution in [0.15, 0.2) is 29.6 Å². The second-order valence-electron chi connectivity index (χ2n) is 5.10. The number of rotatable bonds is 5. The van der Waals surface area contributed by atoms with Crippen LogP contribution in [0, 0.1) is 0 Å². The van der Waals surface area contributed by atoms with Crippen molar-refractivity contribution in [2.45, 2.75) is 31.4 Å². The van der Waals surface area contributed by atoms with Gasteiger partial charge in [0.2, 0.25) is 0 Å². The number of hydrogen-bond donors (Lipinski definition) is 0. The lowest BCUT2D eigenvalue weighted by Crippen LogP contribution is -2.23. The molecule has 1 aromatic heterocycles. The van der Waals surface area contributed by atoms with Crippen molar-refractivity contribution in [1.82, 2.24) is 4.98 Å². The number of alkyl halides is 1. The first kappa shape index (κ1) is 15.0. The van der Waals surface area contributed by atoms with E-state index in [1.165, 1.54) is 5.56 Å². The van der Waals surface area contributed by atoms with Crippen molar-refractivity contribution in [2.75, 3.05) is 13.2 Å². The zero-order valence-corrected chi connectivity index (χ0v) is 13.3. The zero-order chi connectivity index (χ0) is 14.5. The molecule has 5 heteroatoms. The minimum Gasteiger partial charge on any atom is -0.381 e. The molecule has 1 aliphatic heterocycles. The smallest absolute Gasteiger partial charge is 0.123 e. The summed E-state index contributed by atoms with van der Waals surface area (Å²) in [5.74, 6) is 0.466. The Labute approximate surface area is 133 Å². The molecule has 0 unspecified atom stereocenters. The van der Waals surface area contributed by atoms with Crippen LogP contribution in [-0.4, -0.2) is 24.3 Å². The van der Waals surface area contributed by atoms with E-state index in [-0.39, 0.29) is 0 Å². The van der Waals surface area contributed by atoms with E-state index in [1.54, 1.807) is 11.3 Å². The molecule has 1 aliphatic rings. The van der Waals surface area contributed by atoms with Crippen LogP contribution in [0.1, 0.15) is 24.1 Å². The lowest BCUT2D eigenvalue weighted by atomic mass is 10.1. The van der Waals surface area contributed by atoms with Gasteiger partial charge in [-0.1, -0.05) is 24.3 Å². The molecule has 0 radical (unpaired) electrons. The van der Waals surface area contributed by atoms with Crippen LogP contribution in [-0.2, 0) is 22.0 Å². The first-order valence-electron chi connectivity index (χ1n) is 7.14. The Morgan fingerprint density at radius 2 is 2.00 bits per heavy atom. The number of ether oxygens (including phenoxy) is 2. The molecule has 2 heterocycles. The van der Waals surface area contributed by atoms with Crippen molar-refractivity contribution in [3.63, 3.8) is 0 Å². The Morgan fingerprint density at radius 1 is 1.24 bits per heavy atom. The average Bonchev–Trinajstić information content (AvgIpc) is 3.03. The third-order valence-corrected chi connectivity index (χ3v) is 4.76. The van der Waals surface area contributed by atoms with Crippen LogP contribution in [0.4, 0.5) is 0 Å². The molecule has 1 saturated heterocycles. The topological polar surface area (TPSA) is 31.4 Å². The first-order chi connectivity index (χ1) is 10.3. The molecule has 112 valence electrons. The quantitative estimate of drug-likeness (QED) is 0.771. The van der Waals surface area contributed by atoms with Gasteiger partial charge in [-0.2, -0.15) is 0 Å². The lowest BCUT2D eigenvalue weighted by Gasteiger charge is -2.22. The molecule has 3 nitrogen and oxygen atoms in total. The van der Waals surface area contributed by atoms with Gasteiger partial charge in [0.1, 0.15) is 5.01 Å². The summed E-state index contributed by atoms with van der Waals surface area (Å²) in [6.45, 7) is 2.29. The number of nitrogens with zero attached hydrogens (tertiary/aromatic N) is 1. The van der Waals surface area contributed by atoms with Crippen LogP contribution in [0.25, 0.3) is 10.6 Å². The van der Waals surface area contributed by atoms with Crippen molar-refractivity contribution in [1.29, 1.82) is 0 Å². The number of benzene rings is 1. The normalized spacial score (nSPS) is 16.2. The molecular weight excluding hydrogens is 306 g/mol. The van der Waals surface area contributed by atoms with Gasteiger partial charge < -0.3 is 9.47 Å². The van der Waals surface area contributed by atoms with Gasteiger partial charge in [0.05, 0.1) is 24.3 Å². The fourth-order valence-electron chi connectivity index (χ4n) is 2.30. The summed E-state index contributed by atoms with van der Waals surface area (Å²) in [6.07, 6.45) is 2.33. The van der Waals surface area contributed by atoms with Crippen LogP contribution >= 0.6 is 22.9 Å². The van der Waals surface area contributed by atoms with Gasteiger partial charge in [0.15, 0.2) is 0 Å². The van der Waals surface area contributed by atoms with Crippen LogP contribution < -0.4 is 0 Å². The SMILES string of the molecule is ClCc1csc(-c2ccc(COC3CCOCC3)cc2)n1. The fourth-order valence-corrected chi connectivity index (χ4v) is 3.36. The van der Waals surface area contributed by atoms with Gasteiger partial charge in [0.25, 0.3) is 0 Å². The predicted octanol–water partition coefficient (Wildman–Crippen LogP) is 4.24. The lowest BCUT2D eigenvalue weighted by molar-refractivity contribution is -0.0390. The Balaban J connectivity index is 1.58. The van der Waals surface area contributed by atoms with Gasteiger partial charge in [-0.3, -0.25) is 0 Å². The molecule has 1 aromatic carbocycles. The second-order valence-corrected chi connectivity index (χ2v) is 6.22. The van der Waals surface area contributed by atoms with E-state index in [0.717, 1.165) is 42.3 Å². The van der Waals surface area contributed by atoms with E-state index in [1.807, 2.05) is 5.38 Å². The summed E-state index contributed by atoms with van der Waals surface area (Å²) in [5.41, 5.74) is 3.26. The molecule has 0 saturated carbocycles. The summed E-state index contributed by atoms with van der Waals surface area (Å²) in [6, 6.07) is 8.41. The van der Waals surface area contributed by atoms with Gasteiger partial charge in [-0.25, -0.2) is 4.98 Å². The molecule has 2 aromatic rings. The summed E-state index contributed by atoms with van der Waals surface area (Å²) in [7, 11) is 0. The fraction of sp³-hybridized carbons (Fsp3) is 0.438. The zero-order valence-electron chi connectivity index (χ0n) is 11.8. The molecule has 3 rings (SSSR count). The van der Waals surface area contributed by atoms with Crippen molar-refractivity contribution >= 4 is 22.9 Å². The van der Waals surface area contributed by atoms with E-state index >= 15 is 0 Å². The Hall–Kier alpha value is -0.940. The predicted molar refractivity (Wildman–Crippen MR) is 85.7 cm³/mol. The molecule has 0 spiro atoms. The van der Waals surface area contributed by atoms with Crippen molar-refractivity contribution < 1.29 is 9.47 Å². The van der Waals surface area contributed by atoms with Gasteiger partial charge in [0, 0.05) is 24.2 Å². The second kappa shape index (κ2) is 7.36. The minimum absolute atomic E-state index is 0.337. The maximum absolute atomic E-state index is 5.93. The highest BCUT2D eigenvalue weighted by atomic mass is 35.5. The molecule has 1 fully saturated rings. The van der Waals surface area contributed by atoms with Crippen molar-refractivity contribution in [3.8, 4) is 10.6 Å². The standard InChI is InChI=1S/C16H18ClNO2S/c17-9-14-11-21-16(18-14)13-3-1-12(2-4-13)10-20-15-5-7-19-8-6-15/h1-4,11,15H,5-10H2. The van der Waals surface area contributed by atoms with Crippen LogP contribution in [0.2, 0.25) is 0 Å². The Kier molecular flexibility index (Phi) is 5.25. The minimum atomic E-state index is 0.337.